The Labute approximate surface area is 156 Å². The average Bonchev–Trinajstić information content (AvgIpc) is 3.06. The fraction of sp³-hybridized carbons (Fsp3) is 0.316. The molecule has 1 amide bonds. The van der Waals surface area contributed by atoms with Gasteiger partial charge in [0.1, 0.15) is 0 Å². The molecule has 0 aromatic heterocycles. The summed E-state index contributed by atoms with van der Waals surface area (Å²) in [4.78, 5) is 12.1. The van der Waals surface area contributed by atoms with Crippen molar-refractivity contribution in [1.29, 1.82) is 0 Å². The first-order valence-corrected chi connectivity index (χ1v) is 8.48. The van der Waals surface area contributed by atoms with Crippen LogP contribution in [0.1, 0.15) is 28.7 Å². The highest BCUT2D eigenvalue weighted by Crippen LogP contribution is 2.37. The molecular formula is C19H16F6N2O. The molecule has 0 spiro atoms. The molecule has 0 fully saturated rings. The number of hydrogen-bond donors (Lipinski definition) is 2. The van der Waals surface area contributed by atoms with Crippen LogP contribution in [0.2, 0.25) is 0 Å². The van der Waals surface area contributed by atoms with Gasteiger partial charge in [0.05, 0.1) is 11.1 Å². The van der Waals surface area contributed by atoms with E-state index >= 15 is 0 Å². The van der Waals surface area contributed by atoms with E-state index in [9.17, 15) is 31.1 Å². The van der Waals surface area contributed by atoms with Gasteiger partial charge in [-0.05, 0) is 54.3 Å². The molecule has 3 nitrogen and oxygen atoms in total. The molecule has 0 saturated carbocycles. The van der Waals surface area contributed by atoms with E-state index in [0.29, 0.717) is 11.8 Å². The molecule has 0 atom stereocenters. The van der Waals surface area contributed by atoms with Crippen molar-refractivity contribution in [1.82, 2.24) is 0 Å². The third kappa shape index (κ3) is 4.58. The van der Waals surface area contributed by atoms with Crippen molar-refractivity contribution in [3.8, 4) is 0 Å². The van der Waals surface area contributed by atoms with Crippen molar-refractivity contribution in [2.75, 3.05) is 17.2 Å². The van der Waals surface area contributed by atoms with Crippen LogP contribution in [0.5, 0.6) is 0 Å². The zero-order valence-electron chi connectivity index (χ0n) is 14.5. The lowest BCUT2D eigenvalue weighted by molar-refractivity contribution is -0.143. The van der Waals surface area contributed by atoms with E-state index in [-0.39, 0.29) is 24.5 Å². The number of carbonyl (C=O) groups is 1. The first kappa shape index (κ1) is 20.0. The number of nitrogens with one attached hydrogen (secondary N) is 2. The summed E-state index contributed by atoms with van der Waals surface area (Å²) in [6, 6.07) is 6.72. The van der Waals surface area contributed by atoms with E-state index < -0.39 is 29.4 Å². The number of halogens is 6. The van der Waals surface area contributed by atoms with Crippen LogP contribution >= 0.6 is 0 Å². The summed E-state index contributed by atoms with van der Waals surface area (Å²) in [6.45, 7) is 0.793. The van der Waals surface area contributed by atoms with Gasteiger partial charge in [0.2, 0.25) is 5.91 Å². The minimum absolute atomic E-state index is 0.0841. The second-order valence-electron chi connectivity index (χ2n) is 6.46. The highest BCUT2D eigenvalue weighted by Gasteiger charge is 2.38. The Kier molecular flexibility index (Phi) is 5.27. The van der Waals surface area contributed by atoms with Gasteiger partial charge in [-0.3, -0.25) is 4.79 Å². The average molecular weight is 402 g/mol. The van der Waals surface area contributed by atoms with Gasteiger partial charge in [-0.25, -0.2) is 0 Å². The molecule has 1 heterocycles. The Morgan fingerprint density at radius 1 is 1.00 bits per heavy atom. The molecule has 3 rings (SSSR count). The highest BCUT2D eigenvalue weighted by molar-refractivity contribution is 5.91. The summed E-state index contributed by atoms with van der Waals surface area (Å²) in [5.74, 6) is -0.515. The van der Waals surface area contributed by atoms with E-state index in [1.165, 1.54) is 0 Å². The first-order valence-electron chi connectivity index (χ1n) is 8.48. The van der Waals surface area contributed by atoms with Gasteiger partial charge in [0.15, 0.2) is 0 Å². The molecule has 0 aliphatic carbocycles. The summed E-state index contributed by atoms with van der Waals surface area (Å²) in [5.41, 5.74) is -0.583. The molecule has 2 aromatic carbocycles. The Balaban J connectivity index is 1.70. The number of rotatable bonds is 4. The fourth-order valence-electron chi connectivity index (χ4n) is 3.09. The molecule has 9 heteroatoms. The van der Waals surface area contributed by atoms with Crippen LogP contribution in [0.15, 0.2) is 36.4 Å². The maximum absolute atomic E-state index is 13.1. The smallest absolute Gasteiger partial charge is 0.384 e. The van der Waals surface area contributed by atoms with Gasteiger partial charge in [-0.15, -0.1) is 0 Å². The summed E-state index contributed by atoms with van der Waals surface area (Å²) in [7, 11) is 0. The first-order chi connectivity index (χ1) is 13.0. The lowest BCUT2D eigenvalue weighted by Gasteiger charge is -2.16. The lowest BCUT2D eigenvalue weighted by Crippen LogP contribution is -2.16. The maximum Gasteiger partial charge on any atom is 0.416 e. The molecule has 2 aromatic rings. The highest BCUT2D eigenvalue weighted by atomic mass is 19.4. The molecule has 2 N–H and O–H groups in total. The Morgan fingerprint density at radius 3 is 2.43 bits per heavy atom. The summed E-state index contributed by atoms with van der Waals surface area (Å²) < 4.78 is 77.5. The third-order valence-corrected chi connectivity index (χ3v) is 4.46. The van der Waals surface area contributed by atoms with Gasteiger partial charge in [-0.2, -0.15) is 26.3 Å². The quantitative estimate of drug-likeness (QED) is 0.685. The SMILES string of the molecule is O=C(CCc1ccc(C(F)(F)F)cc1C(F)(F)F)Nc1ccc2c(c1)CCN2. The van der Waals surface area contributed by atoms with Gasteiger partial charge >= 0.3 is 12.4 Å². The molecule has 0 bridgehead atoms. The van der Waals surface area contributed by atoms with Crippen LogP contribution < -0.4 is 10.6 Å². The molecule has 0 saturated heterocycles. The number of fused-ring (bicyclic) bond motifs is 1. The van der Waals surface area contributed by atoms with Crippen molar-refractivity contribution < 1.29 is 31.1 Å². The zero-order valence-corrected chi connectivity index (χ0v) is 14.5. The second-order valence-corrected chi connectivity index (χ2v) is 6.46. The largest absolute Gasteiger partial charge is 0.416 e. The predicted molar refractivity (Wildman–Crippen MR) is 92.0 cm³/mol. The number of amides is 1. The number of alkyl halides is 6. The van der Waals surface area contributed by atoms with Crippen LogP contribution in [0.3, 0.4) is 0 Å². The van der Waals surface area contributed by atoms with Crippen molar-refractivity contribution in [3.05, 3.63) is 58.7 Å². The summed E-state index contributed by atoms with van der Waals surface area (Å²) in [5, 5.41) is 5.77. The number of hydrogen-bond acceptors (Lipinski definition) is 2. The van der Waals surface area contributed by atoms with E-state index in [1.54, 1.807) is 18.2 Å². The topological polar surface area (TPSA) is 41.1 Å². The lowest BCUT2D eigenvalue weighted by atomic mass is 9.99. The van der Waals surface area contributed by atoms with Crippen LogP contribution in [0.25, 0.3) is 0 Å². The molecule has 0 unspecified atom stereocenters. The summed E-state index contributed by atoms with van der Waals surface area (Å²) in [6.07, 6.45) is -9.63. The number of carbonyl (C=O) groups excluding carboxylic acids is 1. The van der Waals surface area contributed by atoms with Crippen LogP contribution in [-0.4, -0.2) is 12.5 Å². The Hall–Kier alpha value is -2.71. The van der Waals surface area contributed by atoms with E-state index in [1.807, 2.05) is 0 Å². The van der Waals surface area contributed by atoms with Gasteiger partial charge in [0, 0.05) is 24.3 Å². The molecule has 28 heavy (non-hydrogen) atoms. The Bertz CT molecular complexity index is 889. The molecule has 1 aliphatic heterocycles. The van der Waals surface area contributed by atoms with Crippen molar-refractivity contribution in [3.63, 3.8) is 0 Å². The molecule has 0 radical (unpaired) electrons. The third-order valence-electron chi connectivity index (χ3n) is 4.46. The van der Waals surface area contributed by atoms with Gasteiger partial charge < -0.3 is 10.6 Å². The Morgan fingerprint density at radius 2 is 1.75 bits per heavy atom. The van der Waals surface area contributed by atoms with Crippen molar-refractivity contribution >= 4 is 17.3 Å². The van der Waals surface area contributed by atoms with E-state index in [0.717, 1.165) is 30.3 Å². The predicted octanol–water partition coefficient (Wildman–Crippen LogP) is 5.26. The number of aryl methyl sites for hydroxylation is 1. The molecular weight excluding hydrogens is 386 g/mol. The monoisotopic (exact) mass is 402 g/mol. The summed E-state index contributed by atoms with van der Waals surface area (Å²) >= 11 is 0. The maximum atomic E-state index is 13.1. The minimum atomic E-state index is -4.94. The van der Waals surface area contributed by atoms with Crippen LogP contribution in [0.4, 0.5) is 37.7 Å². The van der Waals surface area contributed by atoms with Gasteiger partial charge in [-0.1, -0.05) is 6.07 Å². The zero-order chi connectivity index (χ0) is 20.5. The van der Waals surface area contributed by atoms with Crippen LogP contribution in [0, 0.1) is 0 Å². The standard InChI is InChI=1S/C19H16F6N2O/c20-18(21,22)13-3-1-11(15(10-13)19(23,24)25)2-6-17(28)27-14-4-5-16-12(9-14)7-8-26-16/h1,3-5,9-10,26H,2,6-8H2,(H,27,28). The van der Waals surface area contributed by atoms with E-state index in [2.05, 4.69) is 10.6 Å². The molecule has 1 aliphatic rings. The second kappa shape index (κ2) is 7.37. The van der Waals surface area contributed by atoms with Gasteiger partial charge in [0.25, 0.3) is 0 Å². The number of anilines is 2. The van der Waals surface area contributed by atoms with E-state index in [4.69, 9.17) is 0 Å². The van der Waals surface area contributed by atoms with Crippen LogP contribution in [-0.2, 0) is 30.0 Å². The normalized spacial score (nSPS) is 13.8. The molecule has 150 valence electrons. The van der Waals surface area contributed by atoms with Crippen molar-refractivity contribution in [2.24, 2.45) is 0 Å². The number of benzene rings is 2. The fourth-order valence-corrected chi connectivity index (χ4v) is 3.09. The van der Waals surface area contributed by atoms with Crippen molar-refractivity contribution in [2.45, 2.75) is 31.6 Å². The minimum Gasteiger partial charge on any atom is -0.384 e.